The fourth-order valence-electron chi connectivity index (χ4n) is 2.35. The number of likely N-dealkylation sites (tertiary alicyclic amines) is 1. The van der Waals surface area contributed by atoms with E-state index in [4.69, 9.17) is 0 Å². The zero-order valence-electron chi connectivity index (χ0n) is 10.7. The van der Waals surface area contributed by atoms with Gasteiger partial charge in [-0.05, 0) is 33.4 Å². The van der Waals surface area contributed by atoms with Crippen molar-refractivity contribution in [1.29, 1.82) is 0 Å². The van der Waals surface area contributed by atoms with Crippen molar-refractivity contribution >= 4 is 12.4 Å². The van der Waals surface area contributed by atoms with Crippen molar-refractivity contribution in [3.05, 3.63) is 18.0 Å². The molecule has 0 aromatic carbocycles. The SMILES string of the molecule is CCn1cc(CN2CCCC(NC)C2)cn1.Cl. The quantitative estimate of drug-likeness (QED) is 0.889. The molecule has 1 atom stereocenters. The smallest absolute Gasteiger partial charge is 0.0534 e. The minimum Gasteiger partial charge on any atom is -0.316 e. The number of nitrogens with one attached hydrogen (secondary N) is 1. The largest absolute Gasteiger partial charge is 0.316 e. The Morgan fingerprint density at radius 2 is 2.35 bits per heavy atom. The normalized spacial score (nSPS) is 21.2. The summed E-state index contributed by atoms with van der Waals surface area (Å²) in [5, 5.41) is 7.69. The fourth-order valence-corrected chi connectivity index (χ4v) is 2.35. The lowest BCUT2D eigenvalue weighted by Gasteiger charge is -2.32. The Balaban J connectivity index is 0.00000144. The molecule has 2 heterocycles. The van der Waals surface area contributed by atoms with Crippen LogP contribution in [0.4, 0.5) is 0 Å². The second-order valence-corrected chi connectivity index (χ2v) is 4.57. The minimum atomic E-state index is 0. The molecular formula is C12H23ClN4. The van der Waals surface area contributed by atoms with Crippen LogP contribution in [0.5, 0.6) is 0 Å². The van der Waals surface area contributed by atoms with Crippen LogP contribution in [0.25, 0.3) is 0 Å². The second kappa shape index (κ2) is 6.99. The maximum Gasteiger partial charge on any atom is 0.0534 e. The van der Waals surface area contributed by atoms with Crippen LogP contribution >= 0.6 is 12.4 Å². The van der Waals surface area contributed by atoms with Gasteiger partial charge in [-0.3, -0.25) is 9.58 Å². The van der Waals surface area contributed by atoms with Gasteiger partial charge in [0.25, 0.3) is 0 Å². The summed E-state index contributed by atoms with van der Waals surface area (Å²) in [5.74, 6) is 0. The maximum atomic E-state index is 4.31. The van der Waals surface area contributed by atoms with E-state index in [0.29, 0.717) is 6.04 Å². The molecule has 1 unspecified atom stereocenters. The van der Waals surface area contributed by atoms with E-state index in [1.165, 1.54) is 24.9 Å². The first kappa shape index (κ1) is 14.5. The number of hydrogen-bond acceptors (Lipinski definition) is 3. The number of aryl methyl sites for hydroxylation is 1. The van der Waals surface area contributed by atoms with E-state index in [0.717, 1.165) is 19.6 Å². The molecule has 1 aliphatic rings. The van der Waals surface area contributed by atoms with Crippen LogP contribution < -0.4 is 5.32 Å². The molecule has 0 saturated carbocycles. The Hall–Kier alpha value is -0.580. The summed E-state index contributed by atoms with van der Waals surface area (Å²) in [6, 6.07) is 0.662. The van der Waals surface area contributed by atoms with E-state index in [9.17, 15) is 0 Å². The monoisotopic (exact) mass is 258 g/mol. The molecule has 98 valence electrons. The van der Waals surface area contributed by atoms with Crippen LogP contribution in [-0.4, -0.2) is 40.9 Å². The molecule has 1 aliphatic heterocycles. The van der Waals surface area contributed by atoms with Crippen molar-refractivity contribution in [3.8, 4) is 0 Å². The van der Waals surface area contributed by atoms with Crippen molar-refractivity contribution in [2.75, 3.05) is 20.1 Å². The number of halogens is 1. The Morgan fingerprint density at radius 3 is 3.00 bits per heavy atom. The summed E-state index contributed by atoms with van der Waals surface area (Å²) < 4.78 is 1.99. The summed E-state index contributed by atoms with van der Waals surface area (Å²) in [5.41, 5.74) is 1.33. The molecule has 1 saturated heterocycles. The molecule has 4 nitrogen and oxygen atoms in total. The van der Waals surface area contributed by atoms with Gasteiger partial charge in [-0.25, -0.2) is 0 Å². The molecule has 0 aliphatic carbocycles. The molecular weight excluding hydrogens is 236 g/mol. The van der Waals surface area contributed by atoms with Gasteiger partial charge in [0.1, 0.15) is 0 Å². The highest BCUT2D eigenvalue weighted by molar-refractivity contribution is 5.85. The minimum absolute atomic E-state index is 0. The van der Waals surface area contributed by atoms with Gasteiger partial charge in [-0.1, -0.05) is 0 Å². The second-order valence-electron chi connectivity index (χ2n) is 4.57. The van der Waals surface area contributed by atoms with Crippen molar-refractivity contribution in [2.24, 2.45) is 0 Å². The maximum absolute atomic E-state index is 4.31. The lowest BCUT2D eigenvalue weighted by Crippen LogP contribution is -2.43. The van der Waals surface area contributed by atoms with E-state index < -0.39 is 0 Å². The third-order valence-corrected chi connectivity index (χ3v) is 3.33. The Labute approximate surface area is 110 Å². The molecule has 0 spiro atoms. The number of aromatic nitrogens is 2. The van der Waals surface area contributed by atoms with Gasteiger partial charge in [0.15, 0.2) is 0 Å². The van der Waals surface area contributed by atoms with Crippen LogP contribution in [0.2, 0.25) is 0 Å². The van der Waals surface area contributed by atoms with E-state index >= 15 is 0 Å². The van der Waals surface area contributed by atoms with Crippen molar-refractivity contribution < 1.29 is 0 Å². The van der Waals surface area contributed by atoms with E-state index in [1.54, 1.807) is 0 Å². The highest BCUT2D eigenvalue weighted by Crippen LogP contribution is 2.13. The number of likely N-dealkylation sites (N-methyl/N-ethyl adjacent to an activating group) is 1. The van der Waals surface area contributed by atoms with E-state index in [1.807, 2.05) is 10.9 Å². The average Bonchev–Trinajstić information content (AvgIpc) is 2.77. The zero-order valence-corrected chi connectivity index (χ0v) is 11.5. The molecule has 5 heteroatoms. The summed E-state index contributed by atoms with van der Waals surface area (Å²) in [7, 11) is 2.06. The number of hydrogen-bond donors (Lipinski definition) is 1. The van der Waals surface area contributed by atoms with Crippen LogP contribution in [0.15, 0.2) is 12.4 Å². The third kappa shape index (κ3) is 3.98. The number of rotatable bonds is 4. The van der Waals surface area contributed by atoms with Crippen LogP contribution in [0.1, 0.15) is 25.3 Å². The molecule has 17 heavy (non-hydrogen) atoms. The first-order valence-corrected chi connectivity index (χ1v) is 6.22. The highest BCUT2D eigenvalue weighted by atomic mass is 35.5. The molecule has 1 fully saturated rings. The Kier molecular flexibility index (Phi) is 5.95. The predicted molar refractivity (Wildman–Crippen MR) is 72.5 cm³/mol. The molecule has 0 bridgehead atoms. The number of piperidine rings is 1. The van der Waals surface area contributed by atoms with Gasteiger partial charge in [0.2, 0.25) is 0 Å². The van der Waals surface area contributed by atoms with Gasteiger partial charge in [-0.2, -0.15) is 5.10 Å². The predicted octanol–water partition coefficient (Wildman–Crippen LogP) is 1.51. The topological polar surface area (TPSA) is 33.1 Å². The molecule has 1 aromatic rings. The lowest BCUT2D eigenvalue weighted by molar-refractivity contribution is 0.188. The van der Waals surface area contributed by atoms with Crippen LogP contribution in [-0.2, 0) is 13.1 Å². The summed E-state index contributed by atoms with van der Waals surface area (Å²) >= 11 is 0. The highest BCUT2D eigenvalue weighted by Gasteiger charge is 2.18. The van der Waals surface area contributed by atoms with Gasteiger partial charge < -0.3 is 5.32 Å². The van der Waals surface area contributed by atoms with Crippen molar-refractivity contribution in [3.63, 3.8) is 0 Å². The van der Waals surface area contributed by atoms with E-state index in [2.05, 4.69) is 35.5 Å². The first-order valence-electron chi connectivity index (χ1n) is 6.22. The summed E-state index contributed by atoms with van der Waals surface area (Å²) in [4.78, 5) is 2.52. The average molecular weight is 259 g/mol. The summed E-state index contributed by atoms with van der Waals surface area (Å²) in [6.07, 6.45) is 6.75. The van der Waals surface area contributed by atoms with Crippen molar-refractivity contribution in [1.82, 2.24) is 20.0 Å². The molecule has 0 radical (unpaired) electrons. The first-order chi connectivity index (χ1) is 7.81. The molecule has 0 amide bonds. The lowest BCUT2D eigenvalue weighted by atomic mass is 10.1. The molecule has 1 N–H and O–H groups in total. The van der Waals surface area contributed by atoms with Gasteiger partial charge in [0.05, 0.1) is 6.20 Å². The molecule has 1 aromatic heterocycles. The Morgan fingerprint density at radius 1 is 1.53 bits per heavy atom. The van der Waals surface area contributed by atoms with Crippen molar-refractivity contribution in [2.45, 2.75) is 38.9 Å². The molecule has 2 rings (SSSR count). The van der Waals surface area contributed by atoms with Crippen LogP contribution in [0.3, 0.4) is 0 Å². The van der Waals surface area contributed by atoms with Gasteiger partial charge >= 0.3 is 0 Å². The standard InChI is InChI=1S/C12H22N4.ClH/c1-3-16-9-11(7-14-16)8-15-6-4-5-12(10-15)13-2;/h7,9,12-13H,3-6,8,10H2,1-2H3;1H. The fraction of sp³-hybridized carbons (Fsp3) is 0.750. The summed E-state index contributed by atoms with van der Waals surface area (Å²) in [6.45, 7) is 6.50. The number of nitrogens with zero attached hydrogens (tertiary/aromatic N) is 3. The zero-order chi connectivity index (χ0) is 11.4. The van der Waals surface area contributed by atoms with E-state index in [-0.39, 0.29) is 12.4 Å². The Bertz CT molecular complexity index is 326. The van der Waals surface area contributed by atoms with Gasteiger partial charge in [0, 0.05) is 37.4 Å². The van der Waals surface area contributed by atoms with Gasteiger partial charge in [-0.15, -0.1) is 12.4 Å². The third-order valence-electron chi connectivity index (χ3n) is 3.33. The van der Waals surface area contributed by atoms with Crippen LogP contribution in [0, 0.1) is 0 Å².